The number of esters is 1. The lowest BCUT2D eigenvalue weighted by Gasteiger charge is -2.21. The molecule has 8 heteroatoms. The number of ether oxygens (including phenoxy) is 1. The van der Waals surface area contributed by atoms with Gasteiger partial charge in [-0.25, -0.2) is 18.2 Å². The van der Waals surface area contributed by atoms with Crippen molar-refractivity contribution in [3.05, 3.63) is 58.5 Å². The van der Waals surface area contributed by atoms with E-state index < -0.39 is 16.0 Å². The van der Waals surface area contributed by atoms with Crippen LogP contribution in [0.1, 0.15) is 28.3 Å². The SMILES string of the molecule is COC(=O)c1csc(CN(C2CC2)S(=O)(=O)c2cccc3ccccc23)n1. The third kappa shape index (κ3) is 3.47. The average Bonchev–Trinajstić information content (AvgIpc) is 3.41. The summed E-state index contributed by atoms with van der Waals surface area (Å²) in [7, 11) is -2.40. The Morgan fingerprint density at radius 3 is 2.70 bits per heavy atom. The molecule has 1 aliphatic carbocycles. The first-order chi connectivity index (χ1) is 13.0. The molecule has 27 heavy (non-hydrogen) atoms. The van der Waals surface area contributed by atoms with Gasteiger partial charge < -0.3 is 4.74 Å². The Kier molecular flexibility index (Phi) is 4.71. The normalized spacial score (nSPS) is 14.6. The number of rotatable bonds is 6. The maximum atomic E-state index is 13.4. The van der Waals surface area contributed by atoms with Crippen molar-refractivity contribution in [2.45, 2.75) is 30.3 Å². The van der Waals surface area contributed by atoms with Gasteiger partial charge in [-0.15, -0.1) is 11.3 Å². The topological polar surface area (TPSA) is 76.6 Å². The summed E-state index contributed by atoms with van der Waals surface area (Å²) in [5.74, 6) is -0.521. The fourth-order valence-electron chi connectivity index (χ4n) is 3.03. The van der Waals surface area contributed by atoms with Crippen molar-refractivity contribution in [3.8, 4) is 0 Å². The molecule has 1 aromatic heterocycles. The Bertz CT molecular complexity index is 1100. The van der Waals surface area contributed by atoms with E-state index in [1.54, 1.807) is 17.5 Å². The Labute approximate surface area is 161 Å². The van der Waals surface area contributed by atoms with Gasteiger partial charge >= 0.3 is 5.97 Å². The van der Waals surface area contributed by atoms with Crippen molar-refractivity contribution in [2.24, 2.45) is 0 Å². The summed E-state index contributed by atoms with van der Waals surface area (Å²) in [6.45, 7) is 0.151. The molecule has 4 rings (SSSR count). The van der Waals surface area contributed by atoms with Gasteiger partial charge in [0.25, 0.3) is 0 Å². The second kappa shape index (κ2) is 7.03. The highest BCUT2D eigenvalue weighted by atomic mass is 32.2. The zero-order chi connectivity index (χ0) is 19.0. The zero-order valence-corrected chi connectivity index (χ0v) is 16.3. The molecule has 2 aromatic carbocycles. The van der Waals surface area contributed by atoms with Gasteiger partial charge in [-0.3, -0.25) is 0 Å². The molecule has 1 aliphatic rings. The fraction of sp³-hybridized carbons (Fsp3) is 0.263. The number of thiazole rings is 1. The quantitative estimate of drug-likeness (QED) is 0.591. The summed E-state index contributed by atoms with van der Waals surface area (Å²) in [6, 6.07) is 12.7. The number of fused-ring (bicyclic) bond motifs is 1. The minimum absolute atomic E-state index is 0.0283. The molecule has 0 unspecified atom stereocenters. The molecule has 1 heterocycles. The minimum atomic E-state index is -3.70. The lowest BCUT2D eigenvalue weighted by Crippen LogP contribution is -2.32. The number of carbonyl (C=O) groups excluding carboxylic acids is 1. The van der Waals surface area contributed by atoms with Crippen molar-refractivity contribution in [1.82, 2.24) is 9.29 Å². The summed E-state index contributed by atoms with van der Waals surface area (Å²) >= 11 is 1.26. The summed E-state index contributed by atoms with van der Waals surface area (Å²) in [5, 5.41) is 3.76. The van der Waals surface area contributed by atoms with Gasteiger partial charge in [0.05, 0.1) is 18.6 Å². The molecule has 6 nitrogen and oxygen atoms in total. The zero-order valence-electron chi connectivity index (χ0n) is 14.7. The van der Waals surface area contributed by atoms with Crippen LogP contribution in [0, 0.1) is 0 Å². The van der Waals surface area contributed by atoms with Gasteiger partial charge in [-0.2, -0.15) is 4.31 Å². The predicted octanol–water partition coefficient (Wildman–Crippen LogP) is 3.44. The predicted molar refractivity (Wildman–Crippen MR) is 103 cm³/mol. The molecule has 0 radical (unpaired) electrons. The monoisotopic (exact) mass is 402 g/mol. The van der Waals surface area contributed by atoms with Crippen LogP contribution in [0.5, 0.6) is 0 Å². The lowest BCUT2D eigenvalue weighted by atomic mass is 10.1. The second-order valence-corrected chi connectivity index (χ2v) is 9.18. The first kappa shape index (κ1) is 18.1. The smallest absolute Gasteiger partial charge is 0.357 e. The summed E-state index contributed by atoms with van der Waals surface area (Å²) in [4.78, 5) is 16.2. The Hall–Kier alpha value is -2.29. The Morgan fingerprint density at radius 2 is 1.96 bits per heavy atom. The standard InChI is InChI=1S/C19H18N2O4S2/c1-25-19(22)16-12-26-18(20-16)11-21(14-9-10-14)27(23,24)17-8-4-6-13-5-2-3-7-15(13)17/h2-8,12,14H,9-11H2,1H3. The number of nitrogens with zero attached hydrogens (tertiary/aromatic N) is 2. The van der Waals surface area contributed by atoms with Crippen LogP contribution in [-0.4, -0.2) is 36.8 Å². The van der Waals surface area contributed by atoms with Gasteiger partial charge in [0.2, 0.25) is 10.0 Å². The Balaban J connectivity index is 1.71. The molecule has 1 saturated carbocycles. The molecule has 0 bridgehead atoms. The van der Waals surface area contributed by atoms with E-state index in [1.807, 2.05) is 30.3 Å². The molecule has 140 valence electrons. The van der Waals surface area contributed by atoms with Crippen LogP contribution >= 0.6 is 11.3 Å². The third-order valence-corrected chi connectivity index (χ3v) is 7.32. The number of sulfonamides is 1. The molecule has 0 saturated heterocycles. The summed E-state index contributed by atoms with van der Waals surface area (Å²) in [6.07, 6.45) is 1.67. The van der Waals surface area contributed by atoms with Gasteiger partial charge in [-0.05, 0) is 24.3 Å². The first-order valence-electron chi connectivity index (χ1n) is 8.53. The lowest BCUT2D eigenvalue weighted by molar-refractivity contribution is 0.0594. The van der Waals surface area contributed by atoms with E-state index in [2.05, 4.69) is 9.72 Å². The van der Waals surface area contributed by atoms with E-state index in [-0.39, 0.29) is 18.3 Å². The van der Waals surface area contributed by atoms with E-state index in [0.717, 1.165) is 18.2 Å². The second-order valence-electron chi connectivity index (χ2n) is 6.38. The van der Waals surface area contributed by atoms with Crippen molar-refractivity contribution in [2.75, 3.05) is 7.11 Å². The van der Waals surface area contributed by atoms with E-state index in [1.165, 1.54) is 22.8 Å². The molecule has 0 amide bonds. The van der Waals surface area contributed by atoms with Crippen LogP contribution in [0.15, 0.2) is 52.7 Å². The van der Waals surface area contributed by atoms with E-state index in [9.17, 15) is 13.2 Å². The molecule has 0 N–H and O–H groups in total. The van der Waals surface area contributed by atoms with Crippen molar-refractivity contribution in [3.63, 3.8) is 0 Å². The summed E-state index contributed by atoms with van der Waals surface area (Å²) in [5.41, 5.74) is 0.204. The third-order valence-electron chi connectivity index (χ3n) is 4.53. The molecule has 0 aliphatic heterocycles. The van der Waals surface area contributed by atoms with Crippen LogP contribution in [0.3, 0.4) is 0 Å². The largest absolute Gasteiger partial charge is 0.464 e. The molecular weight excluding hydrogens is 384 g/mol. The van der Waals surface area contributed by atoms with Gasteiger partial charge in [0, 0.05) is 16.8 Å². The van der Waals surface area contributed by atoms with Gasteiger partial charge in [0.15, 0.2) is 5.69 Å². The van der Waals surface area contributed by atoms with Crippen molar-refractivity contribution >= 4 is 38.1 Å². The van der Waals surface area contributed by atoms with Crippen LogP contribution in [0.25, 0.3) is 10.8 Å². The molecular formula is C19H18N2O4S2. The van der Waals surface area contributed by atoms with Crippen LogP contribution in [0.4, 0.5) is 0 Å². The molecule has 3 aromatic rings. The van der Waals surface area contributed by atoms with Gasteiger partial charge in [0.1, 0.15) is 5.01 Å². The minimum Gasteiger partial charge on any atom is -0.464 e. The van der Waals surface area contributed by atoms with Crippen LogP contribution in [0.2, 0.25) is 0 Å². The first-order valence-corrected chi connectivity index (χ1v) is 10.8. The number of hydrogen-bond acceptors (Lipinski definition) is 6. The molecule has 0 atom stereocenters. The maximum absolute atomic E-state index is 13.4. The summed E-state index contributed by atoms with van der Waals surface area (Å²) < 4.78 is 33.1. The maximum Gasteiger partial charge on any atom is 0.357 e. The number of methoxy groups -OCH3 is 1. The van der Waals surface area contributed by atoms with Crippen molar-refractivity contribution in [1.29, 1.82) is 0 Å². The van der Waals surface area contributed by atoms with Crippen molar-refractivity contribution < 1.29 is 17.9 Å². The van der Waals surface area contributed by atoms with E-state index in [4.69, 9.17) is 0 Å². The molecule has 0 spiro atoms. The number of hydrogen-bond donors (Lipinski definition) is 0. The molecule has 1 fully saturated rings. The van der Waals surface area contributed by atoms with E-state index in [0.29, 0.717) is 15.3 Å². The van der Waals surface area contributed by atoms with Crippen LogP contribution in [-0.2, 0) is 21.3 Å². The number of carbonyl (C=O) groups is 1. The average molecular weight is 402 g/mol. The highest BCUT2D eigenvalue weighted by Gasteiger charge is 2.39. The Morgan fingerprint density at radius 1 is 1.22 bits per heavy atom. The van der Waals surface area contributed by atoms with Gasteiger partial charge in [-0.1, -0.05) is 36.4 Å². The van der Waals surface area contributed by atoms with E-state index >= 15 is 0 Å². The highest BCUT2D eigenvalue weighted by molar-refractivity contribution is 7.89. The number of aromatic nitrogens is 1. The van der Waals surface area contributed by atoms with Crippen LogP contribution < -0.4 is 0 Å². The highest BCUT2D eigenvalue weighted by Crippen LogP contribution is 2.36. The fourth-order valence-corrected chi connectivity index (χ4v) is 5.74. The number of benzene rings is 2.